The van der Waals surface area contributed by atoms with Gasteiger partial charge in [0.1, 0.15) is 29.0 Å². The highest BCUT2D eigenvalue weighted by Crippen LogP contribution is 2.33. The van der Waals surface area contributed by atoms with Gasteiger partial charge in [0.25, 0.3) is 0 Å². The van der Waals surface area contributed by atoms with Crippen LogP contribution in [-0.2, 0) is 16.0 Å². The highest BCUT2D eigenvalue weighted by atomic mass is 32.2. The molecule has 0 aliphatic rings. The molecule has 0 aliphatic heterocycles. The molecule has 5 rings (SSSR count). The van der Waals surface area contributed by atoms with E-state index in [-0.39, 0.29) is 33.3 Å². The van der Waals surface area contributed by atoms with Gasteiger partial charge in [-0.1, -0.05) is 6.92 Å². The molecule has 0 bridgehead atoms. The number of aromatic nitrogens is 6. The van der Waals surface area contributed by atoms with E-state index in [4.69, 9.17) is 4.42 Å². The maximum Gasteiger partial charge on any atom is 0.433 e. The molecule has 4 heterocycles. The van der Waals surface area contributed by atoms with Gasteiger partial charge in [0, 0.05) is 0 Å². The van der Waals surface area contributed by atoms with Gasteiger partial charge in [-0.15, -0.1) is 0 Å². The van der Waals surface area contributed by atoms with Crippen LogP contribution in [-0.4, -0.2) is 43.5 Å². The molecule has 0 saturated carbocycles. The second-order valence-electron chi connectivity index (χ2n) is 7.65. The molecule has 0 fully saturated rings. The summed E-state index contributed by atoms with van der Waals surface area (Å²) in [7, 11) is -3.90. The molecule has 190 valence electrons. The summed E-state index contributed by atoms with van der Waals surface area (Å²) in [5, 5.41) is 3.99. The predicted molar refractivity (Wildman–Crippen MR) is 120 cm³/mol. The van der Waals surface area contributed by atoms with Gasteiger partial charge in [0.2, 0.25) is 5.89 Å². The zero-order chi connectivity index (χ0) is 26.5. The number of fused-ring (bicyclic) bond motifs is 1. The Kier molecular flexibility index (Phi) is 5.66. The average Bonchev–Trinajstić information content (AvgIpc) is 3.46. The summed E-state index contributed by atoms with van der Waals surface area (Å²) in [5.41, 5.74) is -2.27. The summed E-state index contributed by atoms with van der Waals surface area (Å²) in [6.45, 7) is 1.40. The molecule has 0 spiro atoms. The lowest BCUT2D eigenvalue weighted by molar-refractivity contribution is -0.141. The first-order chi connectivity index (χ1) is 17.5. The van der Waals surface area contributed by atoms with Crippen LogP contribution in [0.1, 0.15) is 12.6 Å². The zero-order valence-electron chi connectivity index (χ0n) is 18.6. The predicted octanol–water partition coefficient (Wildman–Crippen LogP) is 3.57. The van der Waals surface area contributed by atoms with Crippen LogP contribution in [0.5, 0.6) is 0 Å². The fraction of sp³-hybridized carbons (Fsp3) is 0.136. The molecule has 0 N–H and O–H groups in total. The first-order valence-electron chi connectivity index (χ1n) is 10.5. The van der Waals surface area contributed by atoms with E-state index in [1.165, 1.54) is 31.2 Å². The smallest absolute Gasteiger partial charge is 0.433 e. The van der Waals surface area contributed by atoms with Crippen molar-refractivity contribution in [2.75, 3.05) is 5.75 Å². The molecule has 10 nitrogen and oxygen atoms in total. The van der Waals surface area contributed by atoms with E-state index in [1.807, 2.05) is 0 Å². The first-order valence-corrected chi connectivity index (χ1v) is 12.1. The normalized spacial score (nSPS) is 12.4. The molecule has 1 aromatic carbocycles. The Labute approximate surface area is 204 Å². The molecule has 4 aromatic heterocycles. The lowest BCUT2D eigenvalue weighted by atomic mass is 10.3. The van der Waals surface area contributed by atoms with Crippen molar-refractivity contribution in [1.82, 2.24) is 29.3 Å². The number of oxazole rings is 1. The van der Waals surface area contributed by atoms with Gasteiger partial charge in [0.15, 0.2) is 21.2 Å². The summed E-state index contributed by atoms with van der Waals surface area (Å²) in [5.74, 6) is -1.33. The Morgan fingerprint density at radius 3 is 2.46 bits per heavy atom. The van der Waals surface area contributed by atoms with Crippen molar-refractivity contribution in [2.24, 2.45) is 0 Å². The maximum absolute atomic E-state index is 13.3. The van der Waals surface area contributed by atoms with Crippen LogP contribution in [0.4, 0.5) is 17.6 Å². The van der Waals surface area contributed by atoms with Gasteiger partial charge in [0.05, 0.1) is 22.5 Å². The highest BCUT2D eigenvalue weighted by Gasteiger charge is 2.33. The standard InChI is InChI=1S/C22H14F4N6O4S/c1-2-37(34,35)16-7-8-18(32-21(33)31(11-28-32)13-5-3-12(23)4-6-13)30-19(16)20-29-14-9-17(22(24,25)26)27-10-15(14)36-20/h3-11H,2H2,1H3. The molecule has 0 aliphatic carbocycles. The minimum Gasteiger partial charge on any atom is -0.433 e. The molecule has 0 radical (unpaired) electrons. The second-order valence-corrected chi connectivity index (χ2v) is 9.89. The summed E-state index contributed by atoms with van der Waals surface area (Å²) in [6.07, 6.45) is -2.74. The molecular formula is C22H14F4N6O4S. The molecule has 0 saturated heterocycles. The van der Waals surface area contributed by atoms with Gasteiger partial charge in [-0.25, -0.2) is 37.1 Å². The van der Waals surface area contributed by atoms with Gasteiger partial charge in [-0.3, -0.25) is 0 Å². The van der Waals surface area contributed by atoms with E-state index >= 15 is 0 Å². The molecule has 5 aromatic rings. The van der Waals surface area contributed by atoms with Crippen LogP contribution < -0.4 is 5.69 Å². The molecule has 15 heteroatoms. The number of alkyl halides is 3. The fourth-order valence-electron chi connectivity index (χ4n) is 3.44. The van der Waals surface area contributed by atoms with Gasteiger partial charge in [-0.05, 0) is 42.5 Å². The molecule has 0 unspecified atom stereocenters. The van der Waals surface area contributed by atoms with Crippen LogP contribution in [0.15, 0.2) is 69.1 Å². The number of benzene rings is 1. The van der Waals surface area contributed by atoms with Gasteiger partial charge < -0.3 is 4.42 Å². The van der Waals surface area contributed by atoms with Crippen LogP contribution in [0, 0.1) is 5.82 Å². The van der Waals surface area contributed by atoms with E-state index in [9.17, 15) is 30.8 Å². The molecular weight excluding hydrogens is 520 g/mol. The van der Waals surface area contributed by atoms with Crippen molar-refractivity contribution in [3.05, 3.63) is 77.0 Å². The van der Waals surface area contributed by atoms with Crippen LogP contribution in [0.25, 0.3) is 34.2 Å². The number of rotatable bonds is 5. The van der Waals surface area contributed by atoms with Gasteiger partial charge >= 0.3 is 11.9 Å². The lowest BCUT2D eigenvalue weighted by Crippen LogP contribution is -2.23. The largest absolute Gasteiger partial charge is 0.433 e. The number of hydrogen-bond donors (Lipinski definition) is 0. The number of nitrogens with zero attached hydrogens (tertiary/aromatic N) is 6. The summed E-state index contributed by atoms with van der Waals surface area (Å²) >= 11 is 0. The maximum atomic E-state index is 13.3. The highest BCUT2D eigenvalue weighted by molar-refractivity contribution is 7.91. The van der Waals surface area contributed by atoms with Crippen LogP contribution in [0.2, 0.25) is 0 Å². The van der Waals surface area contributed by atoms with Crippen LogP contribution in [0.3, 0.4) is 0 Å². The first kappa shape index (κ1) is 24.3. The minimum absolute atomic E-state index is 0.118. The lowest BCUT2D eigenvalue weighted by Gasteiger charge is -2.08. The molecule has 37 heavy (non-hydrogen) atoms. The van der Waals surface area contributed by atoms with Crippen molar-refractivity contribution in [3.63, 3.8) is 0 Å². The third kappa shape index (κ3) is 4.37. The van der Waals surface area contributed by atoms with Crippen LogP contribution >= 0.6 is 0 Å². The summed E-state index contributed by atoms with van der Waals surface area (Å²) in [6, 6.07) is 8.11. The number of halogens is 4. The second kappa shape index (κ2) is 8.62. The van der Waals surface area contributed by atoms with E-state index < -0.39 is 39.1 Å². The van der Waals surface area contributed by atoms with E-state index in [1.54, 1.807) is 0 Å². The Bertz CT molecular complexity index is 1810. The van der Waals surface area contributed by atoms with E-state index in [0.29, 0.717) is 11.8 Å². The van der Waals surface area contributed by atoms with Crippen molar-refractivity contribution >= 4 is 20.9 Å². The number of sulfone groups is 1. The van der Waals surface area contributed by atoms with Crippen molar-refractivity contribution < 1.29 is 30.4 Å². The summed E-state index contributed by atoms with van der Waals surface area (Å²) in [4.78, 5) is 24.2. The Hall–Kier alpha value is -4.40. The van der Waals surface area contributed by atoms with E-state index in [0.717, 1.165) is 33.9 Å². The molecule has 0 atom stereocenters. The zero-order valence-corrected chi connectivity index (χ0v) is 19.5. The quantitative estimate of drug-likeness (QED) is 0.313. The average molecular weight is 534 g/mol. The van der Waals surface area contributed by atoms with Crippen molar-refractivity contribution in [2.45, 2.75) is 18.0 Å². The third-order valence-electron chi connectivity index (χ3n) is 5.32. The Morgan fingerprint density at radius 2 is 1.78 bits per heavy atom. The number of pyridine rings is 2. The molecule has 0 amide bonds. The van der Waals surface area contributed by atoms with Gasteiger partial charge in [-0.2, -0.15) is 23.0 Å². The third-order valence-corrected chi connectivity index (χ3v) is 7.08. The van der Waals surface area contributed by atoms with Crippen molar-refractivity contribution in [3.8, 4) is 23.1 Å². The Morgan fingerprint density at radius 1 is 1.05 bits per heavy atom. The minimum atomic E-state index is -4.73. The number of hydrogen-bond acceptors (Lipinski definition) is 8. The Balaban J connectivity index is 1.67. The van der Waals surface area contributed by atoms with Crippen molar-refractivity contribution in [1.29, 1.82) is 0 Å². The SMILES string of the molecule is CCS(=O)(=O)c1ccc(-n2ncn(-c3ccc(F)cc3)c2=O)nc1-c1nc2cc(C(F)(F)F)ncc2o1. The monoisotopic (exact) mass is 534 g/mol. The summed E-state index contributed by atoms with van der Waals surface area (Å²) < 4.78 is 85.4. The topological polar surface area (TPSA) is 126 Å². The van der Waals surface area contributed by atoms with E-state index in [2.05, 4.69) is 20.1 Å². The fourth-order valence-corrected chi connectivity index (χ4v) is 4.46.